The van der Waals surface area contributed by atoms with Gasteiger partial charge in [0.05, 0.1) is 30.2 Å². The van der Waals surface area contributed by atoms with Gasteiger partial charge in [-0.05, 0) is 71.8 Å². The Labute approximate surface area is 929 Å². The van der Waals surface area contributed by atoms with Crippen LogP contribution in [0.3, 0.4) is 0 Å². The Morgan fingerprint density at radius 3 is 0.694 bits per heavy atom. The van der Waals surface area contributed by atoms with Crippen LogP contribution in [0.4, 0.5) is 0 Å². The van der Waals surface area contributed by atoms with Gasteiger partial charge < -0.3 is 0 Å². The summed E-state index contributed by atoms with van der Waals surface area (Å²) in [7, 11) is 0. The molecule has 14 aromatic rings. The molecule has 0 bridgehead atoms. The third kappa shape index (κ3) is 36.0. The molecule has 0 fully saturated rings. The number of fused-ring (bicyclic) bond motifs is 4. The smallest absolute Gasteiger partial charge is 0.134 e. The van der Waals surface area contributed by atoms with Gasteiger partial charge in [0.1, 0.15) is 10.0 Å². The first-order valence-electron chi connectivity index (χ1n) is 58.0. The minimum Gasteiger partial charge on any atom is -0.234 e. The molecular weight excluding hydrogens is 2080 g/mol. The molecule has 0 aliphatic heterocycles. The Morgan fingerprint density at radius 2 is 0.451 bits per heavy atom. The summed E-state index contributed by atoms with van der Waals surface area (Å²) in [6.07, 6.45) is 78.9. The molecule has 0 N–H and O–H groups in total. The van der Waals surface area contributed by atoms with Gasteiger partial charge in [0, 0.05) is 30.6 Å². The van der Waals surface area contributed by atoms with E-state index in [9.17, 15) is 0 Å². The summed E-state index contributed by atoms with van der Waals surface area (Å²) in [5.74, 6) is 3.13. The van der Waals surface area contributed by atoms with Crippen LogP contribution in [0, 0.1) is 30.6 Å². The average molecular weight is 2270 g/mol. The first-order valence-corrected chi connectivity index (χ1v) is 75.4. The zero-order valence-corrected chi connectivity index (χ0v) is 103. The first kappa shape index (κ1) is 121. The molecule has 0 amide bonds. The standard InChI is InChI=1S/C57H77N2S6.C56H76N2S6.3C4H9.2CH4.Sn/c1-6-10-14-18-20-24-29-42(27-22-16-12-8-3)39-44-33-36-48(62-44)56-58-52-50(46-31-26-38-60-46)54-53(51(55(52)65-56)47-35-32-41(5)61-47)59-57(64-54)49-37-34-45(63-49)40-43(28-23-17-13-9-4)30-25-21-19-15-11-7-2;1-5-9-13-17-19-23-29-41(27-21-15-11-7-3)39-43-33-35-47(61-43)55-57-51-49(45-31-25-37-59-45)54-52(50(53(51)63-55)46-32-26-38-60-46)58-56(64-54)48-36-34-44(62-48)40-42(28-22-16-12-8-4)30-24-20-18-14-10-6-2;3*1-3-4-2;;;/h26,31-37,42-43H,6-25,27-30,39-40H2,1-5H3;25-26,31-38,41-42H,5-24,27-30,39-40H2,1-4H3;3*1,3-4H2,2H3;2*1H4;. The molecule has 0 spiro atoms. The average Bonchev–Trinajstić information content (AvgIpc) is 1.56. The zero-order chi connectivity index (χ0) is 99.3. The van der Waals surface area contributed by atoms with E-state index < -0.39 is 18.4 Å². The molecule has 4 atom stereocenters. The predicted octanol–water partition coefficient (Wildman–Crippen LogP) is 48.8. The summed E-state index contributed by atoms with van der Waals surface area (Å²) in [6, 6.07) is 38.4. The van der Waals surface area contributed by atoms with Gasteiger partial charge in [0.25, 0.3) is 0 Å². The molecule has 0 radical (unpaired) electrons. The molecule has 17 heteroatoms. The summed E-state index contributed by atoms with van der Waals surface area (Å²) in [5.41, 5.74) is 9.93. The minimum atomic E-state index is -2.73. The van der Waals surface area contributed by atoms with E-state index in [1.165, 1.54) is 501 Å². The number of aryl methyl sites for hydroxylation is 1. The van der Waals surface area contributed by atoms with E-state index in [4.69, 9.17) is 19.9 Å². The van der Waals surface area contributed by atoms with Crippen LogP contribution in [0.15, 0.2) is 108 Å². The van der Waals surface area contributed by atoms with E-state index in [1.807, 2.05) is 128 Å². The van der Waals surface area contributed by atoms with Gasteiger partial charge in [-0.15, -0.1) is 68.0 Å². The topological polar surface area (TPSA) is 51.6 Å². The van der Waals surface area contributed by atoms with Gasteiger partial charge in [-0.3, -0.25) is 0 Å². The number of hydrogen-bond donors (Lipinski definition) is 0. The van der Waals surface area contributed by atoms with E-state index in [0.29, 0.717) is 0 Å². The van der Waals surface area contributed by atoms with E-state index in [2.05, 4.69) is 202 Å². The Bertz CT molecular complexity index is 5410. The molecular formula is C127H188N4S12Sn. The summed E-state index contributed by atoms with van der Waals surface area (Å²) >= 11 is 20.9. The molecule has 14 rings (SSSR count). The summed E-state index contributed by atoms with van der Waals surface area (Å²) in [6.45, 7) is 28.2. The fourth-order valence-corrected chi connectivity index (χ4v) is 54.3. The second kappa shape index (κ2) is 67.2. The largest absolute Gasteiger partial charge is 0.234 e. The molecule has 0 aliphatic rings. The van der Waals surface area contributed by atoms with Crippen molar-refractivity contribution in [3.63, 3.8) is 0 Å². The van der Waals surface area contributed by atoms with Crippen LogP contribution in [0.5, 0.6) is 0 Å². The second-order valence-electron chi connectivity index (χ2n) is 42.4. The van der Waals surface area contributed by atoms with Crippen molar-refractivity contribution in [2.75, 3.05) is 0 Å². The maximum absolute atomic E-state index is 5.91. The number of benzene rings is 2. The predicted molar refractivity (Wildman–Crippen MR) is 671 cm³/mol. The third-order valence-corrected chi connectivity index (χ3v) is 62.0. The van der Waals surface area contributed by atoms with Crippen LogP contribution >= 0.6 is 136 Å². The maximum Gasteiger partial charge on any atom is 0.134 e. The number of aromatic nitrogens is 4. The molecule has 0 aliphatic carbocycles. The van der Waals surface area contributed by atoms with Crippen molar-refractivity contribution in [1.82, 2.24) is 19.9 Å². The SMILES string of the molecule is C.C.CCCCCCCCC(CCCCCC)Cc1ccc(-c2nc3c(-c4cc[c]([Sn]([CH2]CCC)([CH2]CCC)[CH2]CCC)s4)c4sc(-c5ccc(CC(CCCCCC)CCCCCCCC)s5)nc4c(-c4ccc(C)s4)c3s2)s1.CCCCCCCCC(CCCCCC)Cc1ccc(-c2nc3c(-c4cccs4)c4sc(-c5ccc(CC(CCCCCC)CCCCCCCC)s5)nc4c(-c4cccs4)c3s2)s1. The third-order valence-electron chi connectivity index (χ3n) is 30.5. The first-order chi connectivity index (χ1) is 69.9. The summed E-state index contributed by atoms with van der Waals surface area (Å²) < 4.78 is 11.5. The maximum atomic E-state index is 5.91. The van der Waals surface area contributed by atoms with Crippen molar-refractivity contribution in [2.24, 2.45) is 23.7 Å². The molecule has 4 nitrogen and oxygen atoms in total. The van der Waals surface area contributed by atoms with Crippen LogP contribution in [-0.4, -0.2) is 38.3 Å². The molecule has 0 saturated heterocycles. The number of rotatable bonds is 74. The van der Waals surface area contributed by atoms with Crippen molar-refractivity contribution in [1.29, 1.82) is 0 Å². The number of thiazole rings is 4. The monoisotopic (exact) mass is 2270 g/mol. The normalized spacial score (nSPS) is 12.8. The van der Waals surface area contributed by atoms with Crippen LogP contribution in [0.25, 0.3) is 122 Å². The van der Waals surface area contributed by atoms with Gasteiger partial charge >= 0.3 is 328 Å². The molecule has 12 heterocycles. The number of hydrogen-bond acceptors (Lipinski definition) is 16. The molecule has 12 aromatic heterocycles. The molecule has 0 saturated carbocycles. The van der Waals surface area contributed by atoms with E-state index in [0.717, 1.165) is 44.7 Å². The van der Waals surface area contributed by atoms with Crippen molar-refractivity contribution in [3.05, 3.63) is 132 Å². The number of nitrogens with zero attached hydrogens (tertiary/aromatic N) is 4. The van der Waals surface area contributed by atoms with Gasteiger partial charge in [-0.25, -0.2) is 9.97 Å². The van der Waals surface area contributed by atoms with Gasteiger partial charge in [-0.1, -0.05) is 391 Å². The molecule has 792 valence electrons. The molecule has 2 aromatic carbocycles. The van der Waals surface area contributed by atoms with Crippen LogP contribution in [0.2, 0.25) is 13.3 Å². The van der Waals surface area contributed by atoms with Crippen LogP contribution in [0.1, 0.15) is 462 Å². The zero-order valence-electron chi connectivity index (χ0n) is 90.0. The summed E-state index contributed by atoms with van der Waals surface area (Å²) in [4.78, 5) is 41.2. The number of thiophene rings is 8. The Kier molecular flexibility index (Phi) is 56.2. The number of unbranched alkanes of at least 4 members (excludes halogenated alkanes) is 35. The van der Waals surface area contributed by atoms with E-state index in [-0.39, 0.29) is 14.9 Å². The Morgan fingerprint density at radius 1 is 0.222 bits per heavy atom. The van der Waals surface area contributed by atoms with Gasteiger partial charge in [-0.2, -0.15) is 0 Å². The molecule has 4 unspecified atom stereocenters. The molecule has 144 heavy (non-hydrogen) atoms. The van der Waals surface area contributed by atoms with Crippen molar-refractivity contribution in [3.8, 4) is 81.3 Å². The second-order valence-corrected chi connectivity index (χ2v) is 69.5. The Hall–Kier alpha value is -3.60. The van der Waals surface area contributed by atoms with Crippen molar-refractivity contribution >= 4 is 198 Å². The van der Waals surface area contributed by atoms with Crippen LogP contribution < -0.4 is 2.89 Å². The fraction of sp³-hybridized carbons (Fsp3) is 0.622. The van der Waals surface area contributed by atoms with Gasteiger partial charge in [0.2, 0.25) is 0 Å². The van der Waals surface area contributed by atoms with E-state index >= 15 is 0 Å². The minimum absolute atomic E-state index is 0. The van der Waals surface area contributed by atoms with Crippen molar-refractivity contribution in [2.45, 2.75) is 484 Å². The van der Waals surface area contributed by atoms with Crippen molar-refractivity contribution < 1.29 is 0 Å². The summed E-state index contributed by atoms with van der Waals surface area (Å²) in [5, 5.41) is 9.14. The fourth-order valence-electron chi connectivity index (χ4n) is 22.1. The van der Waals surface area contributed by atoms with Crippen LogP contribution in [-0.2, 0) is 25.7 Å². The quantitative estimate of drug-likeness (QED) is 0.0282. The van der Waals surface area contributed by atoms with Gasteiger partial charge in [0.15, 0.2) is 0 Å². The van der Waals surface area contributed by atoms with E-state index in [1.54, 1.807) is 9.75 Å². The Balaban J connectivity index is 0.000000276.